The molecular formula is C7H7N3OS2. The van der Waals surface area contributed by atoms with E-state index in [0.29, 0.717) is 10.7 Å². The van der Waals surface area contributed by atoms with Crippen molar-refractivity contribution >= 4 is 23.6 Å². The number of aromatic amines is 1. The monoisotopic (exact) mass is 213 g/mol. The van der Waals surface area contributed by atoms with Gasteiger partial charge < -0.3 is 4.42 Å². The van der Waals surface area contributed by atoms with Gasteiger partial charge in [-0.15, -0.1) is 16.4 Å². The molecule has 0 aliphatic carbocycles. The van der Waals surface area contributed by atoms with Crippen LogP contribution >= 0.6 is 23.6 Å². The fourth-order valence-corrected chi connectivity index (χ4v) is 1.95. The van der Waals surface area contributed by atoms with Crippen molar-refractivity contribution < 1.29 is 4.42 Å². The quantitative estimate of drug-likeness (QED) is 0.778. The van der Waals surface area contributed by atoms with Crippen LogP contribution in [0.5, 0.6) is 0 Å². The van der Waals surface area contributed by atoms with Gasteiger partial charge in [0.15, 0.2) is 0 Å². The number of hydrogen-bond acceptors (Lipinski definition) is 5. The molecule has 13 heavy (non-hydrogen) atoms. The maximum Gasteiger partial charge on any atom is 0.284 e. The highest BCUT2D eigenvalue weighted by Crippen LogP contribution is 2.25. The van der Waals surface area contributed by atoms with Crippen molar-refractivity contribution in [2.75, 3.05) is 0 Å². The second kappa shape index (κ2) is 3.39. The minimum absolute atomic E-state index is 0.297. The third-order valence-corrected chi connectivity index (χ3v) is 2.64. The molecule has 0 spiro atoms. The molecule has 2 rings (SSSR count). The van der Waals surface area contributed by atoms with E-state index in [1.807, 2.05) is 6.92 Å². The summed E-state index contributed by atoms with van der Waals surface area (Å²) >= 11 is 6.29. The van der Waals surface area contributed by atoms with Gasteiger partial charge in [-0.3, -0.25) is 0 Å². The Labute approximate surface area is 83.6 Å². The highest BCUT2D eigenvalue weighted by molar-refractivity contribution is 7.71. The normalized spacial score (nSPS) is 10.5. The molecule has 0 unspecified atom stereocenters. The standard InChI is InChI=1S/C7H7N3OS2/c1-2-4-5(13-3-8-4)6-9-10-7(12)11-6/h3H,2H2,1H3,(H,10,12). The molecule has 0 saturated heterocycles. The van der Waals surface area contributed by atoms with Crippen LogP contribution in [0.4, 0.5) is 0 Å². The van der Waals surface area contributed by atoms with Crippen LogP contribution in [0.1, 0.15) is 12.6 Å². The first-order valence-corrected chi connectivity index (χ1v) is 5.08. The highest BCUT2D eigenvalue weighted by Gasteiger charge is 2.11. The number of aromatic nitrogens is 3. The van der Waals surface area contributed by atoms with Gasteiger partial charge in [0.1, 0.15) is 4.88 Å². The first kappa shape index (κ1) is 8.58. The fourth-order valence-electron chi connectivity index (χ4n) is 1.02. The van der Waals surface area contributed by atoms with E-state index in [1.165, 1.54) is 11.3 Å². The zero-order valence-corrected chi connectivity index (χ0v) is 8.54. The maximum atomic E-state index is 5.19. The van der Waals surface area contributed by atoms with E-state index < -0.39 is 0 Å². The van der Waals surface area contributed by atoms with E-state index in [1.54, 1.807) is 5.51 Å². The Kier molecular flexibility index (Phi) is 2.24. The number of nitrogens with one attached hydrogen (secondary N) is 1. The number of aryl methyl sites for hydroxylation is 1. The Balaban J connectivity index is 2.51. The predicted molar refractivity (Wildman–Crippen MR) is 52.2 cm³/mol. The lowest BCUT2D eigenvalue weighted by atomic mass is 10.3. The molecule has 2 aromatic heterocycles. The topological polar surface area (TPSA) is 54.7 Å². The molecule has 0 fully saturated rings. The van der Waals surface area contributed by atoms with Crippen molar-refractivity contribution in [2.45, 2.75) is 13.3 Å². The molecular weight excluding hydrogens is 206 g/mol. The lowest BCUT2D eigenvalue weighted by Crippen LogP contribution is -1.83. The maximum absolute atomic E-state index is 5.19. The van der Waals surface area contributed by atoms with Crippen LogP contribution in [0.2, 0.25) is 0 Å². The average molecular weight is 213 g/mol. The van der Waals surface area contributed by atoms with Gasteiger partial charge in [0.2, 0.25) is 0 Å². The van der Waals surface area contributed by atoms with Gasteiger partial charge in [-0.05, 0) is 18.6 Å². The summed E-state index contributed by atoms with van der Waals surface area (Å²) in [6.45, 7) is 2.04. The molecule has 2 aromatic rings. The van der Waals surface area contributed by atoms with Crippen LogP contribution in [0.3, 0.4) is 0 Å². The van der Waals surface area contributed by atoms with Gasteiger partial charge in [-0.1, -0.05) is 6.92 Å². The second-order valence-electron chi connectivity index (χ2n) is 2.40. The summed E-state index contributed by atoms with van der Waals surface area (Å²) in [6.07, 6.45) is 0.869. The smallest absolute Gasteiger partial charge is 0.284 e. The molecule has 0 amide bonds. The molecule has 0 aliphatic rings. The van der Waals surface area contributed by atoms with Gasteiger partial charge in [-0.25, -0.2) is 10.1 Å². The first-order valence-electron chi connectivity index (χ1n) is 3.79. The van der Waals surface area contributed by atoms with E-state index >= 15 is 0 Å². The van der Waals surface area contributed by atoms with Gasteiger partial charge in [-0.2, -0.15) is 0 Å². The van der Waals surface area contributed by atoms with E-state index in [2.05, 4.69) is 15.2 Å². The molecule has 0 aliphatic heterocycles. The number of H-pyrrole nitrogens is 1. The van der Waals surface area contributed by atoms with E-state index in [4.69, 9.17) is 16.6 Å². The van der Waals surface area contributed by atoms with Gasteiger partial charge in [0.25, 0.3) is 10.7 Å². The Morgan fingerprint density at radius 3 is 3.15 bits per heavy atom. The van der Waals surface area contributed by atoms with Crippen molar-refractivity contribution in [1.29, 1.82) is 0 Å². The summed E-state index contributed by atoms with van der Waals surface area (Å²) in [5, 5.41) is 6.53. The zero-order chi connectivity index (χ0) is 9.26. The highest BCUT2D eigenvalue weighted by atomic mass is 32.1. The summed E-state index contributed by atoms with van der Waals surface area (Å²) in [7, 11) is 0. The Hall–Kier alpha value is -1.01. The van der Waals surface area contributed by atoms with Crippen molar-refractivity contribution in [3.05, 3.63) is 16.0 Å². The fraction of sp³-hybridized carbons (Fsp3) is 0.286. The van der Waals surface area contributed by atoms with Crippen molar-refractivity contribution in [2.24, 2.45) is 0 Å². The van der Waals surface area contributed by atoms with Crippen molar-refractivity contribution in [3.8, 4) is 10.8 Å². The van der Waals surface area contributed by atoms with Crippen LogP contribution < -0.4 is 0 Å². The molecule has 0 saturated carbocycles. The molecule has 0 aromatic carbocycles. The van der Waals surface area contributed by atoms with Crippen molar-refractivity contribution in [1.82, 2.24) is 15.2 Å². The SMILES string of the molecule is CCc1ncsc1-c1n[nH]c(=S)o1. The number of rotatable bonds is 2. The molecule has 4 nitrogen and oxygen atoms in total. The largest absolute Gasteiger partial charge is 0.408 e. The van der Waals surface area contributed by atoms with Crippen LogP contribution in [-0.4, -0.2) is 15.2 Å². The van der Waals surface area contributed by atoms with Gasteiger partial charge >= 0.3 is 0 Å². The summed E-state index contributed by atoms with van der Waals surface area (Å²) in [4.78, 5) is 5.44. The zero-order valence-electron chi connectivity index (χ0n) is 6.90. The van der Waals surface area contributed by atoms with Crippen molar-refractivity contribution in [3.63, 3.8) is 0 Å². The Morgan fingerprint density at radius 2 is 2.54 bits per heavy atom. The van der Waals surface area contributed by atoms with Gasteiger partial charge in [0.05, 0.1) is 11.2 Å². The molecule has 6 heteroatoms. The number of thiazole rings is 1. The third kappa shape index (κ3) is 1.54. The molecule has 68 valence electrons. The second-order valence-corrected chi connectivity index (χ2v) is 3.63. The summed E-state index contributed by atoms with van der Waals surface area (Å²) in [5.41, 5.74) is 2.77. The summed E-state index contributed by atoms with van der Waals surface area (Å²) in [6, 6.07) is 0. The molecule has 0 radical (unpaired) electrons. The van der Waals surface area contributed by atoms with Gasteiger partial charge in [0, 0.05) is 0 Å². The van der Waals surface area contributed by atoms with Crippen LogP contribution in [0.15, 0.2) is 9.93 Å². The average Bonchev–Trinajstić information content (AvgIpc) is 2.71. The third-order valence-electron chi connectivity index (χ3n) is 1.61. The van der Waals surface area contributed by atoms with E-state index in [-0.39, 0.29) is 0 Å². The minimum atomic E-state index is 0.297. The minimum Gasteiger partial charge on any atom is -0.408 e. The number of hydrogen-bond donors (Lipinski definition) is 1. The van der Waals surface area contributed by atoms with Crippen LogP contribution in [-0.2, 0) is 6.42 Å². The first-order chi connectivity index (χ1) is 6.31. The van der Waals surface area contributed by atoms with E-state index in [9.17, 15) is 0 Å². The lowest BCUT2D eigenvalue weighted by molar-refractivity contribution is 0.552. The molecule has 2 heterocycles. The van der Waals surface area contributed by atoms with E-state index in [0.717, 1.165) is 17.0 Å². The van der Waals surface area contributed by atoms with Crippen LogP contribution in [0, 0.1) is 4.84 Å². The molecule has 1 N–H and O–H groups in total. The lowest BCUT2D eigenvalue weighted by Gasteiger charge is -1.90. The Morgan fingerprint density at radius 1 is 1.69 bits per heavy atom. The Bertz CT molecular complexity index is 456. The summed E-state index contributed by atoms with van der Waals surface area (Å²) < 4.78 is 5.19. The number of nitrogens with zero attached hydrogens (tertiary/aromatic N) is 2. The molecule has 0 atom stereocenters. The van der Waals surface area contributed by atoms with Crippen LogP contribution in [0.25, 0.3) is 10.8 Å². The predicted octanol–water partition coefficient (Wildman–Crippen LogP) is 2.42. The summed E-state index contributed by atoms with van der Waals surface area (Å²) in [5.74, 6) is 0.532. The molecule has 0 bridgehead atoms.